The van der Waals surface area contributed by atoms with Crippen LogP contribution in [0.25, 0.3) is 22.5 Å². The van der Waals surface area contributed by atoms with Crippen molar-refractivity contribution >= 4 is 5.95 Å². The van der Waals surface area contributed by atoms with Gasteiger partial charge in [-0.05, 0) is 24.6 Å². The predicted octanol–water partition coefficient (Wildman–Crippen LogP) is 2.22. The fourth-order valence-corrected chi connectivity index (χ4v) is 3.56. The number of aryl methyl sites for hydroxylation is 1. The highest BCUT2D eigenvalue weighted by Gasteiger charge is 2.25. The number of phenols is 1. The van der Waals surface area contributed by atoms with Crippen molar-refractivity contribution in [2.24, 2.45) is 7.05 Å². The minimum Gasteiger partial charge on any atom is -0.507 e. The number of benzene rings is 1. The van der Waals surface area contributed by atoms with Crippen molar-refractivity contribution in [2.75, 3.05) is 18.0 Å². The van der Waals surface area contributed by atoms with Crippen molar-refractivity contribution in [3.8, 4) is 28.3 Å². The summed E-state index contributed by atoms with van der Waals surface area (Å²) in [6.45, 7) is 6.10. The number of aromatic hydroxyl groups is 1. The Morgan fingerprint density at radius 2 is 2.04 bits per heavy atom. The molecule has 146 valence electrons. The molecule has 1 unspecified atom stereocenters. The molecule has 4 rings (SSSR count). The molecule has 3 heterocycles. The SMILES string of the molecule is CC(C)NC1CCN(c2ncc(-c3ccc(-c4ccn(C)n4)cc3O)nn2)C1. The fraction of sp³-hybridized carbons (Fsp3) is 0.400. The predicted molar refractivity (Wildman–Crippen MR) is 108 cm³/mol. The summed E-state index contributed by atoms with van der Waals surface area (Å²) in [4.78, 5) is 6.61. The average Bonchev–Trinajstić information content (AvgIpc) is 3.30. The zero-order valence-electron chi connectivity index (χ0n) is 16.4. The first-order valence-corrected chi connectivity index (χ1v) is 9.53. The van der Waals surface area contributed by atoms with Crippen LogP contribution in [0.1, 0.15) is 20.3 Å². The van der Waals surface area contributed by atoms with Crippen LogP contribution in [0.15, 0.2) is 36.7 Å². The van der Waals surface area contributed by atoms with Gasteiger partial charge in [0.25, 0.3) is 0 Å². The molecule has 28 heavy (non-hydrogen) atoms. The first-order valence-electron chi connectivity index (χ1n) is 9.53. The fourth-order valence-electron chi connectivity index (χ4n) is 3.56. The van der Waals surface area contributed by atoms with E-state index in [0.717, 1.165) is 30.8 Å². The Balaban J connectivity index is 1.50. The Kier molecular flexibility index (Phi) is 4.95. The Bertz CT molecular complexity index is 951. The first kappa shape index (κ1) is 18.4. The maximum atomic E-state index is 10.5. The number of rotatable bonds is 5. The van der Waals surface area contributed by atoms with Gasteiger partial charge in [-0.15, -0.1) is 10.2 Å². The van der Waals surface area contributed by atoms with Gasteiger partial charge < -0.3 is 15.3 Å². The maximum absolute atomic E-state index is 10.5. The van der Waals surface area contributed by atoms with Crippen molar-refractivity contribution in [1.29, 1.82) is 0 Å². The number of aromatic nitrogens is 5. The maximum Gasteiger partial charge on any atom is 0.245 e. The third-order valence-corrected chi connectivity index (χ3v) is 4.87. The molecule has 3 aromatic rings. The molecule has 1 saturated heterocycles. The van der Waals surface area contributed by atoms with Gasteiger partial charge in [0.1, 0.15) is 11.4 Å². The lowest BCUT2D eigenvalue weighted by Crippen LogP contribution is -2.37. The molecule has 1 fully saturated rings. The Hall–Kier alpha value is -3.00. The molecule has 1 aromatic carbocycles. The average molecular weight is 379 g/mol. The van der Waals surface area contributed by atoms with E-state index in [1.807, 2.05) is 31.4 Å². The number of hydrogen-bond donors (Lipinski definition) is 2. The van der Waals surface area contributed by atoms with Crippen LogP contribution < -0.4 is 10.2 Å². The third kappa shape index (κ3) is 3.82. The molecular weight excluding hydrogens is 354 g/mol. The third-order valence-electron chi connectivity index (χ3n) is 4.87. The lowest BCUT2D eigenvalue weighted by Gasteiger charge is -2.18. The second-order valence-electron chi connectivity index (χ2n) is 7.50. The normalized spacial score (nSPS) is 16.9. The highest BCUT2D eigenvalue weighted by atomic mass is 16.3. The topological polar surface area (TPSA) is 92.0 Å². The van der Waals surface area contributed by atoms with E-state index in [1.54, 1.807) is 16.9 Å². The van der Waals surface area contributed by atoms with Crippen molar-refractivity contribution in [3.05, 3.63) is 36.7 Å². The molecule has 8 heteroatoms. The van der Waals surface area contributed by atoms with E-state index in [0.29, 0.717) is 29.3 Å². The van der Waals surface area contributed by atoms with Crippen molar-refractivity contribution < 1.29 is 5.11 Å². The zero-order valence-corrected chi connectivity index (χ0v) is 16.4. The van der Waals surface area contributed by atoms with Crippen molar-refractivity contribution in [1.82, 2.24) is 30.3 Å². The number of phenolic OH excluding ortho intramolecular Hbond substituents is 1. The number of hydrogen-bond acceptors (Lipinski definition) is 7. The van der Waals surface area contributed by atoms with Gasteiger partial charge in [-0.3, -0.25) is 4.68 Å². The summed E-state index contributed by atoms with van der Waals surface area (Å²) in [6.07, 6.45) is 4.61. The van der Waals surface area contributed by atoms with Crippen LogP contribution in [0, 0.1) is 0 Å². The monoisotopic (exact) mass is 379 g/mol. The van der Waals surface area contributed by atoms with Gasteiger partial charge in [-0.1, -0.05) is 19.9 Å². The Morgan fingerprint density at radius 1 is 1.18 bits per heavy atom. The standard InChI is InChI=1S/C20H25N7O/c1-13(2)22-15-6-9-27(12-15)20-21-11-18(23-24-20)16-5-4-14(10-19(16)28)17-7-8-26(3)25-17/h4-5,7-8,10-11,13,15,22,28H,6,9,12H2,1-3H3. The summed E-state index contributed by atoms with van der Waals surface area (Å²) in [7, 11) is 1.86. The number of nitrogens with one attached hydrogen (secondary N) is 1. The summed E-state index contributed by atoms with van der Waals surface area (Å²) >= 11 is 0. The zero-order chi connectivity index (χ0) is 19.7. The lowest BCUT2D eigenvalue weighted by molar-refractivity contribution is 0.477. The van der Waals surface area contributed by atoms with Gasteiger partial charge in [0, 0.05) is 49.5 Å². The van der Waals surface area contributed by atoms with E-state index < -0.39 is 0 Å². The molecule has 0 spiro atoms. The van der Waals surface area contributed by atoms with Crippen molar-refractivity contribution in [3.63, 3.8) is 0 Å². The second-order valence-corrected chi connectivity index (χ2v) is 7.50. The van der Waals surface area contributed by atoms with Crippen LogP contribution in [0.3, 0.4) is 0 Å². The van der Waals surface area contributed by atoms with Gasteiger partial charge >= 0.3 is 0 Å². The molecule has 1 atom stereocenters. The van der Waals surface area contributed by atoms with Gasteiger partial charge in [0.2, 0.25) is 5.95 Å². The summed E-state index contributed by atoms with van der Waals surface area (Å²) in [5.74, 6) is 0.760. The lowest BCUT2D eigenvalue weighted by atomic mass is 10.1. The summed E-state index contributed by atoms with van der Waals surface area (Å²) in [5, 5.41) is 26.9. The van der Waals surface area contributed by atoms with Crippen LogP contribution in [0.5, 0.6) is 5.75 Å². The second kappa shape index (κ2) is 7.55. The highest BCUT2D eigenvalue weighted by Crippen LogP contribution is 2.31. The molecule has 0 bridgehead atoms. The molecule has 1 aliphatic heterocycles. The molecular formula is C20H25N7O. The molecule has 2 N–H and O–H groups in total. The van der Waals surface area contributed by atoms with E-state index in [9.17, 15) is 5.11 Å². The minimum atomic E-state index is 0.134. The molecule has 1 aliphatic rings. The molecule has 0 aliphatic carbocycles. The van der Waals surface area contributed by atoms with Crippen LogP contribution in [-0.4, -0.2) is 55.2 Å². The van der Waals surface area contributed by atoms with E-state index in [1.165, 1.54) is 0 Å². The summed E-state index contributed by atoms with van der Waals surface area (Å²) < 4.78 is 1.73. The van der Waals surface area contributed by atoms with Gasteiger partial charge in [0.05, 0.1) is 11.9 Å². The smallest absolute Gasteiger partial charge is 0.245 e. The van der Waals surface area contributed by atoms with Gasteiger partial charge in [0.15, 0.2) is 0 Å². The summed E-state index contributed by atoms with van der Waals surface area (Å²) in [5.41, 5.74) is 2.81. The van der Waals surface area contributed by atoms with Crippen LogP contribution >= 0.6 is 0 Å². The molecule has 0 amide bonds. The quantitative estimate of drug-likeness (QED) is 0.702. The van der Waals surface area contributed by atoms with Crippen LogP contribution in [-0.2, 0) is 7.05 Å². The molecule has 0 radical (unpaired) electrons. The Labute approximate surface area is 164 Å². The number of anilines is 1. The Morgan fingerprint density at radius 3 is 2.68 bits per heavy atom. The largest absolute Gasteiger partial charge is 0.507 e. The van der Waals surface area contributed by atoms with Crippen molar-refractivity contribution in [2.45, 2.75) is 32.4 Å². The van der Waals surface area contributed by atoms with Crippen LogP contribution in [0.2, 0.25) is 0 Å². The van der Waals surface area contributed by atoms with E-state index in [-0.39, 0.29) is 5.75 Å². The first-order chi connectivity index (χ1) is 13.5. The summed E-state index contributed by atoms with van der Waals surface area (Å²) in [6, 6.07) is 8.24. The van der Waals surface area contributed by atoms with Gasteiger partial charge in [-0.25, -0.2) is 4.98 Å². The van der Waals surface area contributed by atoms with E-state index >= 15 is 0 Å². The highest BCUT2D eigenvalue weighted by molar-refractivity contribution is 5.72. The van der Waals surface area contributed by atoms with Gasteiger partial charge in [-0.2, -0.15) is 5.10 Å². The molecule has 0 saturated carbocycles. The molecule has 8 nitrogen and oxygen atoms in total. The minimum absolute atomic E-state index is 0.134. The van der Waals surface area contributed by atoms with E-state index in [4.69, 9.17) is 0 Å². The van der Waals surface area contributed by atoms with Crippen LogP contribution in [0.4, 0.5) is 5.95 Å². The number of nitrogens with zero attached hydrogens (tertiary/aromatic N) is 6. The van der Waals surface area contributed by atoms with E-state index in [2.05, 4.69) is 44.3 Å². The molecule has 2 aromatic heterocycles.